The van der Waals surface area contributed by atoms with Crippen molar-refractivity contribution in [1.29, 1.82) is 0 Å². The highest BCUT2D eigenvalue weighted by Gasteiger charge is 2.20. The molecule has 0 aliphatic heterocycles. The maximum atomic E-state index is 12.2. The summed E-state index contributed by atoms with van der Waals surface area (Å²) in [7, 11) is 1.50. The second-order valence-electron chi connectivity index (χ2n) is 4.98. The van der Waals surface area contributed by atoms with E-state index in [9.17, 15) is 9.59 Å². The van der Waals surface area contributed by atoms with Gasteiger partial charge in [0.2, 0.25) is 0 Å². The third-order valence-electron chi connectivity index (χ3n) is 3.10. The molecule has 0 fully saturated rings. The van der Waals surface area contributed by atoms with E-state index in [0.29, 0.717) is 17.2 Å². The first-order valence-electron chi connectivity index (χ1n) is 6.30. The van der Waals surface area contributed by atoms with Gasteiger partial charge in [0.1, 0.15) is 5.75 Å². The van der Waals surface area contributed by atoms with Gasteiger partial charge in [0.15, 0.2) is 5.78 Å². The van der Waals surface area contributed by atoms with Crippen LogP contribution in [-0.2, 0) is 4.79 Å². The number of carboxylic acid groups (broad SMARTS) is 1. The largest absolute Gasteiger partial charge is 0.496 e. The molecule has 0 aromatic heterocycles. The Hall–Kier alpha value is -1.84. The first kappa shape index (κ1) is 15.2. The van der Waals surface area contributed by atoms with Crippen LogP contribution in [0.2, 0.25) is 0 Å². The van der Waals surface area contributed by atoms with E-state index in [0.717, 1.165) is 5.56 Å². The number of hydrogen-bond donors (Lipinski definition) is 1. The fourth-order valence-electron chi connectivity index (χ4n) is 1.78. The van der Waals surface area contributed by atoms with Gasteiger partial charge in [-0.2, -0.15) is 0 Å². The summed E-state index contributed by atoms with van der Waals surface area (Å²) in [4.78, 5) is 23.0. The minimum atomic E-state index is -0.965. The molecular weight excluding hydrogens is 244 g/mol. The van der Waals surface area contributed by atoms with E-state index in [1.54, 1.807) is 12.1 Å². The molecule has 19 heavy (non-hydrogen) atoms. The van der Waals surface area contributed by atoms with Gasteiger partial charge in [0.05, 0.1) is 18.6 Å². The number of benzene rings is 1. The Morgan fingerprint density at radius 3 is 2.37 bits per heavy atom. The van der Waals surface area contributed by atoms with E-state index < -0.39 is 11.9 Å². The number of rotatable bonds is 6. The molecule has 1 aromatic carbocycles. The predicted molar refractivity (Wildman–Crippen MR) is 72.8 cm³/mol. The van der Waals surface area contributed by atoms with Crippen molar-refractivity contribution in [1.82, 2.24) is 0 Å². The van der Waals surface area contributed by atoms with Gasteiger partial charge in [-0.15, -0.1) is 0 Å². The van der Waals surface area contributed by atoms with Crippen LogP contribution in [0.25, 0.3) is 0 Å². The van der Waals surface area contributed by atoms with E-state index in [2.05, 4.69) is 0 Å². The highest BCUT2D eigenvalue weighted by Crippen LogP contribution is 2.26. The quantitative estimate of drug-likeness (QED) is 0.802. The van der Waals surface area contributed by atoms with Crippen molar-refractivity contribution >= 4 is 11.8 Å². The summed E-state index contributed by atoms with van der Waals surface area (Å²) >= 11 is 0. The smallest absolute Gasteiger partial charge is 0.306 e. The van der Waals surface area contributed by atoms with Crippen molar-refractivity contribution in [2.24, 2.45) is 5.92 Å². The minimum Gasteiger partial charge on any atom is -0.496 e. The Labute approximate surface area is 113 Å². The van der Waals surface area contributed by atoms with Crippen molar-refractivity contribution in [2.45, 2.75) is 33.1 Å². The monoisotopic (exact) mass is 264 g/mol. The molecule has 1 N–H and O–H groups in total. The molecule has 0 amide bonds. The second kappa shape index (κ2) is 6.36. The Kier molecular flexibility index (Phi) is 5.10. The van der Waals surface area contributed by atoms with Crippen molar-refractivity contribution in [2.75, 3.05) is 7.11 Å². The van der Waals surface area contributed by atoms with Gasteiger partial charge in [-0.05, 0) is 23.6 Å². The van der Waals surface area contributed by atoms with Crippen LogP contribution in [0.15, 0.2) is 18.2 Å². The Morgan fingerprint density at radius 2 is 1.89 bits per heavy atom. The summed E-state index contributed by atoms with van der Waals surface area (Å²) < 4.78 is 5.17. The standard InChI is InChI=1S/C15H20O4/c1-9(2)11-5-6-14(19-4)12(8-11)13(16)7-10(3)15(17)18/h5-6,8-10H,7H2,1-4H3,(H,17,18). The highest BCUT2D eigenvalue weighted by atomic mass is 16.5. The van der Waals surface area contributed by atoms with Crippen LogP contribution in [0.3, 0.4) is 0 Å². The molecule has 1 unspecified atom stereocenters. The number of ether oxygens (including phenoxy) is 1. The number of ketones is 1. The van der Waals surface area contributed by atoms with Gasteiger partial charge in [0.25, 0.3) is 0 Å². The zero-order chi connectivity index (χ0) is 14.6. The van der Waals surface area contributed by atoms with Gasteiger partial charge in [-0.3, -0.25) is 9.59 Å². The fraction of sp³-hybridized carbons (Fsp3) is 0.467. The Balaban J connectivity index is 3.05. The molecule has 1 atom stereocenters. The third kappa shape index (κ3) is 3.81. The van der Waals surface area contributed by atoms with E-state index in [1.807, 2.05) is 19.9 Å². The van der Waals surface area contributed by atoms with Crippen LogP contribution >= 0.6 is 0 Å². The number of Topliss-reactive ketones (excluding diaryl/α,β-unsaturated/α-hetero) is 1. The molecule has 0 aliphatic rings. The normalized spacial score (nSPS) is 12.3. The first-order chi connectivity index (χ1) is 8.86. The molecule has 0 bridgehead atoms. The van der Waals surface area contributed by atoms with Crippen molar-refractivity contribution < 1.29 is 19.4 Å². The molecule has 0 heterocycles. The van der Waals surface area contributed by atoms with Gasteiger partial charge >= 0.3 is 5.97 Å². The van der Waals surface area contributed by atoms with E-state index in [1.165, 1.54) is 14.0 Å². The first-order valence-corrected chi connectivity index (χ1v) is 6.30. The van der Waals surface area contributed by atoms with Crippen LogP contribution in [0, 0.1) is 5.92 Å². The van der Waals surface area contributed by atoms with Crippen molar-refractivity contribution in [3.05, 3.63) is 29.3 Å². The molecule has 0 radical (unpaired) electrons. The summed E-state index contributed by atoms with van der Waals surface area (Å²) in [5, 5.41) is 8.86. The molecule has 0 spiro atoms. The van der Waals surface area contributed by atoms with Gasteiger partial charge in [0, 0.05) is 6.42 Å². The molecule has 4 nitrogen and oxygen atoms in total. The SMILES string of the molecule is COc1ccc(C(C)C)cc1C(=O)CC(C)C(=O)O. The minimum absolute atomic E-state index is 0.0206. The molecule has 0 saturated heterocycles. The third-order valence-corrected chi connectivity index (χ3v) is 3.10. The molecule has 1 aromatic rings. The van der Waals surface area contributed by atoms with Crippen LogP contribution < -0.4 is 4.74 Å². The number of methoxy groups -OCH3 is 1. The topological polar surface area (TPSA) is 63.6 Å². The molecule has 104 valence electrons. The lowest BCUT2D eigenvalue weighted by Gasteiger charge is -2.13. The zero-order valence-electron chi connectivity index (χ0n) is 11.8. The predicted octanol–water partition coefficient (Wildman–Crippen LogP) is 3.11. The van der Waals surface area contributed by atoms with E-state index in [-0.39, 0.29) is 12.2 Å². The molecule has 0 saturated carbocycles. The van der Waals surface area contributed by atoms with Gasteiger partial charge in [-0.1, -0.05) is 26.8 Å². The summed E-state index contributed by atoms with van der Waals surface area (Å²) in [5.74, 6) is -1.07. The van der Waals surface area contributed by atoms with E-state index in [4.69, 9.17) is 9.84 Å². The van der Waals surface area contributed by atoms with Crippen LogP contribution in [-0.4, -0.2) is 24.0 Å². The lowest BCUT2D eigenvalue weighted by Crippen LogP contribution is -2.15. The maximum Gasteiger partial charge on any atom is 0.306 e. The molecular formula is C15H20O4. The maximum absolute atomic E-state index is 12.2. The van der Waals surface area contributed by atoms with Crippen LogP contribution in [0.5, 0.6) is 5.75 Å². The molecule has 1 rings (SSSR count). The fourth-order valence-corrected chi connectivity index (χ4v) is 1.78. The second-order valence-corrected chi connectivity index (χ2v) is 4.98. The van der Waals surface area contributed by atoms with Crippen molar-refractivity contribution in [3.8, 4) is 5.75 Å². The van der Waals surface area contributed by atoms with Crippen LogP contribution in [0.4, 0.5) is 0 Å². The number of carboxylic acids is 1. The lowest BCUT2D eigenvalue weighted by molar-refractivity contribution is -0.141. The Morgan fingerprint density at radius 1 is 1.26 bits per heavy atom. The summed E-state index contributed by atoms with van der Waals surface area (Å²) in [6.45, 7) is 5.60. The van der Waals surface area contributed by atoms with Crippen molar-refractivity contribution in [3.63, 3.8) is 0 Å². The lowest BCUT2D eigenvalue weighted by atomic mass is 9.94. The van der Waals surface area contributed by atoms with Crippen LogP contribution in [0.1, 0.15) is 49.0 Å². The average molecular weight is 264 g/mol. The number of aliphatic carboxylic acids is 1. The number of hydrogen-bond acceptors (Lipinski definition) is 3. The average Bonchev–Trinajstić information content (AvgIpc) is 2.37. The highest BCUT2D eigenvalue weighted by molar-refractivity contribution is 6.00. The summed E-state index contributed by atoms with van der Waals surface area (Å²) in [6.07, 6.45) is -0.0206. The number of carbonyl (C=O) groups excluding carboxylic acids is 1. The van der Waals surface area contributed by atoms with Gasteiger partial charge in [-0.25, -0.2) is 0 Å². The molecule has 0 aliphatic carbocycles. The summed E-state index contributed by atoms with van der Waals surface area (Å²) in [6, 6.07) is 5.47. The van der Waals surface area contributed by atoms with E-state index >= 15 is 0 Å². The number of carbonyl (C=O) groups is 2. The Bertz CT molecular complexity index is 477. The summed E-state index contributed by atoms with van der Waals surface area (Å²) in [5.41, 5.74) is 1.49. The van der Waals surface area contributed by atoms with Gasteiger partial charge < -0.3 is 9.84 Å². The zero-order valence-corrected chi connectivity index (χ0v) is 11.8. The molecule has 4 heteroatoms.